The number of carbonyl (C=O) groups is 1. The number of nitrogens with one attached hydrogen (secondary N) is 1. The summed E-state index contributed by atoms with van der Waals surface area (Å²) in [5, 5.41) is 13.0. The van der Waals surface area contributed by atoms with Gasteiger partial charge in [0.1, 0.15) is 28.5 Å². The molecule has 2 aromatic heterocycles. The maximum atomic E-state index is 13.1. The van der Waals surface area contributed by atoms with E-state index in [0.717, 1.165) is 29.7 Å². The smallest absolute Gasteiger partial charge is 0.270 e. The third-order valence-electron chi connectivity index (χ3n) is 6.62. The first-order valence-electron chi connectivity index (χ1n) is 13.3. The first-order valence-corrected chi connectivity index (χ1v) is 13.3. The van der Waals surface area contributed by atoms with Crippen LogP contribution in [0.3, 0.4) is 0 Å². The fourth-order valence-electron chi connectivity index (χ4n) is 4.62. The predicted octanol–water partition coefficient (Wildman–Crippen LogP) is 5.24. The monoisotopic (exact) mass is 532 g/mol. The summed E-state index contributed by atoms with van der Waals surface area (Å²) in [6.07, 6.45) is 5.06. The van der Waals surface area contributed by atoms with Crippen LogP contribution < -0.4 is 15.0 Å². The number of aliphatic hydroxyl groups is 1. The largest absolute Gasteiger partial charge is 0.457 e. The van der Waals surface area contributed by atoms with Gasteiger partial charge in [-0.15, -0.1) is 0 Å². The number of para-hydroxylation sites is 1. The number of anilines is 1. The maximum absolute atomic E-state index is 13.1. The van der Waals surface area contributed by atoms with Crippen molar-refractivity contribution in [1.29, 1.82) is 0 Å². The molecule has 1 aliphatic rings. The lowest BCUT2D eigenvalue weighted by atomic mass is 10.0. The van der Waals surface area contributed by atoms with Crippen molar-refractivity contribution in [3.05, 3.63) is 102 Å². The minimum absolute atomic E-state index is 0.0378. The van der Waals surface area contributed by atoms with Crippen LogP contribution in [0.5, 0.6) is 11.5 Å². The zero-order chi connectivity index (χ0) is 28.1. The molecule has 202 valence electrons. The second-order valence-electron chi connectivity index (χ2n) is 10.5. The van der Waals surface area contributed by atoms with Crippen LogP contribution in [0.4, 0.5) is 5.69 Å². The van der Waals surface area contributed by atoms with Gasteiger partial charge in [-0.25, -0.2) is 4.98 Å². The molecule has 0 bridgehead atoms. The molecule has 1 amide bonds. The maximum Gasteiger partial charge on any atom is 0.270 e. The van der Waals surface area contributed by atoms with E-state index >= 15 is 0 Å². The highest BCUT2D eigenvalue weighted by Crippen LogP contribution is 2.31. The molecule has 3 heterocycles. The average molecular weight is 533 g/mol. The van der Waals surface area contributed by atoms with Crippen molar-refractivity contribution in [2.45, 2.75) is 38.3 Å². The zero-order valence-electron chi connectivity index (χ0n) is 22.9. The molecule has 4 aromatic rings. The number of pyridine rings is 2. The molecule has 0 saturated carbocycles. The van der Waals surface area contributed by atoms with E-state index in [1.165, 1.54) is 5.56 Å². The number of ether oxygens (including phenoxy) is 1. The summed E-state index contributed by atoms with van der Waals surface area (Å²) in [4.78, 5) is 24.0. The van der Waals surface area contributed by atoms with E-state index in [9.17, 15) is 9.90 Å². The quantitative estimate of drug-likeness (QED) is 0.342. The summed E-state index contributed by atoms with van der Waals surface area (Å²) in [6, 6.07) is 23.1. The molecule has 7 nitrogen and oxygen atoms in total. The van der Waals surface area contributed by atoms with Gasteiger partial charge in [0.2, 0.25) is 0 Å². The van der Waals surface area contributed by atoms with Crippen molar-refractivity contribution in [2.24, 2.45) is 0 Å². The summed E-state index contributed by atoms with van der Waals surface area (Å²) < 4.78 is 5.87. The van der Waals surface area contributed by atoms with Crippen molar-refractivity contribution in [3.63, 3.8) is 0 Å². The fraction of sp³-hybridized carbons (Fsp3) is 0.242. The first kappa shape index (κ1) is 26.9. The molecule has 1 atom stereocenters. The lowest BCUT2D eigenvalue weighted by molar-refractivity contribution is 0.0931. The molecule has 0 spiro atoms. The van der Waals surface area contributed by atoms with Crippen LogP contribution in [-0.2, 0) is 6.42 Å². The highest BCUT2D eigenvalue weighted by atomic mass is 16.5. The number of carbonyl (C=O) groups excluding carboxylic acids is 1. The van der Waals surface area contributed by atoms with Gasteiger partial charge in [-0.1, -0.05) is 42.3 Å². The molecule has 0 radical (unpaired) electrons. The Morgan fingerprint density at radius 3 is 2.58 bits per heavy atom. The predicted molar refractivity (Wildman–Crippen MR) is 156 cm³/mol. The summed E-state index contributed by atoms with van der Waals surface area (Å²) in [5.41, 5.74) is 4.30. The molecular weight excluding hydrogens is 500 g/mol. The topological polar surface area (TPSA) is 87.6 Å². The molecule has 40 heavy (non-hydrogen) atoms. The second-order valence-corrected chi connectivity index (χ2v) is 10.5. The summed E-state index contributed by atoms with van der Waals surface area (Å²) in [5.74, 6) is 6.75. The standard InChI is InChI=1S/C33H32N4O3/c1-33(2,39)17-15-26-13-12-25(21-35-26)24-10-9-23-11-14-27(22-37(3)31(23)19-24)36-32(38)30-20-29(16-18-34-30)40-28-7-5-4-6-8-28/h4-10,12-13,16,18-21,27,39H,11,14,22H2,1-3H3,(H,36,38)/t27-/m0/s1. The molecule has 7 heteroatoms. The van der Waals surface area contributed by atoms with E-state index < -0.39 is 5.60 Å². The van der Waals surface area contributed by atoms with E-state index in [4.69, 9.17) is 4.74 Å². The Hall–Kier alpha value is -4.67. The molecule has 0 saturated heterocycles. The Balaban J connectivity index is 1.25. The second kappa shape index (κ2) is 11.6. The van der Waals surface area contributed by atoms with Crippen molar-refractivity contribution < 1.29 is 14.6 Å². The van der Waals surface area contributed by atoms with Gasteiger partial charge in [-0.05, 0) is 74.1 Å². The Morgan fingerprint density at radius 1 is 1.02 bits per heavy atom. The van der Waals surface area contributed by atoms with Gasteiger partial charge in [0.15, 0.2) is 0 Å². The molecular formula is C33H32N4O3. The molecule has 2 aromatic carbocycles. The molecule has 5 rings (SSSR count). The molecule has 0 fully saturated rings. The van der Waals surface area contributed by atoms with Crippen molar-refractivity contribution in [1.82, 2.24) is 15.3 Å². The lowest BCUT2D eigenvalue weighted by Gasteiger charge is -2.24. The van der Waals surface area contributed by atoms with Crippen molar-refractivity contribution >= 4 is 11.6 Å². The highest BCUT2D eigenvalue weighted by molar-refractivity contribution is 5.92. The van der Waals surface area contributed by atoms with Crippen molar-refractivity contribution in [3.8, 4) is 34.5 Å². The SMILES string of the molecule is CN1C[C@@H](NC(=O)c2cc(Oc3ccccc3)ccn2)CCc2ccc(-c3ccc(C#CC(C)(C)O)nc3)cc21. The third kappa shape index (κ3) is 6.85. The Labute approximate surface area is 234 Å². The third-order valence-corrected chi connectivity index (χ3v) is 6.62. The first-order chi connectivity index (χ1) is 19.2. The Morgan fingerprint density at radius 2 is 1.82 bits per heavy atom. The number of amides is 1. The van der Waals surface area contributed by atoms with Gasteiger partial charge in [0.05, 0.1) is 0 Å². The molecule has 0 unspecified atom stereocenters. The normalized spacial score (nSPS) is 14.8. The van der Waals surface area contributed by atoms with E-state index in [1.54, 1.807) is 38.4 Å². The number of aromatic nitrogens is 2. The van der Waals surface area contributed by atoms with Crippen LogP contribution in [0.1, 0.15) is 42.0 Å². The van der Waals surface area contributed by atoms with E-state index in [-0.39, 0.29) is 11.9 Å². The van der Waals surface area contributed by atoms with Gasteiger partial charge in [0.25, 0.3) is 5.91 Å². The minimum atomic E-state index is -1.06. The van der Waals surface area contributed by atoms with Gasteiger partial charge in [-0.2, -0.15) is 0 Å². The van der Waals surface area contributed by atoms with Gasteiger partial charge >= 0.3 is 0 Å². The van der Waals surface area contributed by atoms with Crippen LogP contribution in [0, 0.1) is 11.8 Å². The number of nitrogens with zero attached hydrogens (tertiary/aromatic N) is 3. The van der Waals surface area contributed by atoms with Gasteiger partial charge in [0, 0.05) is 49.3 Å². The molecule has 0 aliphatic carbocycles. The van der Waals surface area contributed by atoms with Crippen LogP contribution in [-0.4, -0.2) is 46.2 Å². The summed E-state index contributed by atoms with van der Waals surface area (Å²) in [6.45, 7) is 3.96. The number of rotatable bonds is 5. The summed E-state index contributed by atoms with van der Waals surface area (Å²) in [7, 11) is 2.05. The van der Waals surface area contributed by atoms with E-state index in [2.05, 4.69) is 50.2 Å². The fourth-order valence-corrected chi connectivity index (χ4v) is 4.62. The van der Waals surface area contributed by atoms with Crippen molar-refractivity contribution in [2.75, 3.05) is 18.5 Å². The number of hydrogen-bond acceptors (Lipinski definition) is 6. The lowest BCUT2D eigenvalue weighted by Crippen LogP contribution is -2.42. The zero-order valence-corrected chi connectivity index (χ0v) is 22.9. The minimum Gasteiger partial charge on any atom is -0.457 e. The average Bonchev–Trinajstić information content (AvgIpc) is 3.10. The van der Waals surface area contributed by atoms with E-state index in [0.29, 0.717) is 29.4 Å². The van der Waals surface area contributed by atoms with Crippen LogP contribution in [0.2, 0.25) is 0 Å². The Kier molecular flexibility index (Phi) is 7.81. The number of fused-ring (bicyclic) bond motifs is 1. The number of likely N-dealkylation sites (N-methyl/N-ethyl adjacent to an activating group) is 1. The van der Waals surface area contributed by atoms with Gasteiger partial charge < -0.3 is 20.1 Å². The van der Waals surface area contributed by atoms with Crippen LogP contribution in [0.25, 0.3) is 11.1 Å². The highest BCUT2D eigenvalue weighted by Gasteiger charge is 2.23. The molecule has 1 aliphatic heterocycles. The van der Waals surface area contributed by atoms with Crippen LogP contribution >= 0.6 is 0 Å². The Bertz CT molecular complexity index is 1550. The van der Waals surface area contributed by atoms with E-state index in [1.807, 2.05) is 49.5 Å². The molecule has 2 N–H and O–H groups in total. The summed E-state index contributed by atoms with van der Waals surface area (Å²) >= 11 is 0. The number of hydrogen-bond donors (Lipinski definition) is 2. The van der Waals surface area contributed by atoms with Crippen LogP contribution in [0.15, 0.2) is 85.2 Å². The number of aryl methyl sites for hydroxylation is 1. The van der Waals surface area contributed by atoms with Gasteiger partial charge in [-0.3, -0.25) is 9.78 Å². The number of benzene rings is 2.